The summed E-state index contributed by atoms with van der Waals surface area (Å²) in [5, 5.41) is 0. The molecule has 1 atom stereocenters. The number of rotatable bonds is 2. The van der Waals surface area contributed by atoms with Gasteiger partial charge in [0.05, 0.1) is 4.90 Å². The summed E-state index contributed by atoms with van der Waals surface area (Å²) in [4.78, 5) is 0.948. The van der Waals surface area contributed by atoms with Gasteiger partial charge in [0.25, 0.3) is 0 Å². The maximum Gasteiger partial charge on any atom is 0.128 e. The van der Waals surface area contributed by atoms with Crippen molar-refractivity contribution in [2.75, 3.05) is 6.54 Å². The normalized spacial score (nSPS) is 21.4. The van der Waals surface area contributed by atoms with Crippen LogP contribution in [0.2, 0.25) is 0 Å². The molecule has 1 aromatic carbocycles. The molecule has 1 heterocycles. The Hall–Kier alpha value is -0.930. The zero-order valence-corrected chi connectivity index (χ0v) is 8.09. The third-order valence-electron chi connectivity index (χ3n) is 2.07. The van der Waals surface area contributed by atoms with Crippen LogP contribution in [0.4, 0.5) is 0 Å². The molecule has 0 aliphatic carbocycles. The maximum atomic E-state index is 11.8. The van der Waals surface area contributed by atoms with E-state index >= 15 is 0 Å². The first-order valence-electron chi connectivity index (χ1n) is 4.18. The molecule has 1 unspecified atom stereocenters. The quantitative estimate of drug-likeness (QED) is 0.655. The van der Waals surface area contributed by atoms with Gasteiger partial charge in [-0.15, -0.1) is 6.58 Å². The molecule has 1 aromatic rings. The monoisotopic (exact) mass is 193 g/mol. The van der Waals surface area contributed by atoms with Crippen LogP contribution >= 0.6 is 0 Å². The first-order chi connectivity index (χ1) is 6.33. The summed E-state index contributed by atoms with van der Waals surface area (Å²) in [7, 11) is -0.973. The molecule has 0 radical (unpaired) electrons. The fourth-order valence-corrected chi connectivity index (χ4v) is 2.80. The number of nitrogens with zero attached hydrogens (tertiary/aromatic N) is 1. The number of hydrogen-bond acceptors (Lipinski definition) is 1. The minimum Gasteiger partial charge on any atom is -0.237 e. The Bertz CT molecular complexity index is 362. The molecule has 0 amide bonds. The van der Waals surface area contributed by atoms with Crippen molar-refractivity contribution in [3.8, 4) is 0 Å². The first kappa shape index (κ1) is 8.66. The fourth-order valence-electron chi connectivity index (χ4n) is 1.47. The largest absolute Gasteiger partial charge is 0.237 e. The van der Waals surface area contributed by atoms with Crippen LogP contribution < -0.4 is 0 Å². The van der Waals surface area contributed by atoms with Gasteiger partial charge in [-0.1, -0.05) is 24.3 Å². The van der Waals surface area contributed by atoms with Gasteiger partial charge < -0.3 is 0 Å². The third-order valence-corrected chi connectivity index (χ3v) is 3.60. The second-order valence-corrected chi connectivity index (χ2v) is 4.42. The first-order valence-corrected chi connectivity index (χ1v) is 5.29. The lowest BCUT2D eigenvalue weighted by Gasteiger charge is -2.08. The summed E-state index contributed by atoms with van der Waals surface area (Å²) in [6.07, 6.45) is 1.78. The molecule has 0 N–H and O–H groups in total. The lowest BCUT2D eigenvalue weighted by atomic mass is 10.2. The molecular weight excluding hydrogens is 182 g/mol. The van der Waals surface area contributed by atoms with E-state index in [-0.39, 0.29) is 0 Å². The summed E-state index contributed by atoms with van der Waals surface area (Å²) < 4.78 is 13.7. The minimum absolute atomic E-state index is 0.682. The van der Waals surface area contributed by atoms with Crippen LogP contribution in [0.5, 0.6) is 0 Å². The second-order valence-electron chi connectivity index (χ2n) is 2.97. The highest BCUT2D eigenvalue weighted by atomic mass is 32.2. The highest BCUT2D eigenvalue weighted by Crippen LogP contribution is 2.25. The number of fused-ring (bicyclic) bond motifs is 1. The van der Waals surface area contributed by atoms with Crippen LogP contribution in [0.3, 0.4) is 0 Å². The van der Waals surface area contributed by atoms with Gasteiger partial charge in [-0.25, -0.2) is 8.51 Å². The van der Waals surface area contributed by atoms with E-state index in [2.05, 4.69) is 6.58 Å². The SMILES string of the molecule is C=CCN1Cc2ccccc2S1=O. The molecule has 2 rings (SSSR count). The predicted octanol–water partition coefficient (Wildman–Crippen LogP) is 1.71. The average molecular weight is 193 g/mol. The lowest BCUT2D eigenvalue weighted by Crippen LogP contribution is -2.18. The Morgan fingerprint density at radius 3 is 3.00 bits per heavy atom. The molecular formula is C10H11NOS. The van der Waals surface area contributed by atoms with Gasteiger partial charge in [0.15, 0.2) is 0 Å². The molecule has 0 aromatic heterocycles. The summed E-state index contributed by atoms with van der Waals surface area (Å²) in [6.45, 7) is 5.10. The van der Waals surface area contributed by atoms with Gasteiger partial charge in [0.1, 0.15) is 11.0 Å². The van der Waals surface area contributed by atoms with Crippen molar-refractivity contribution in [1.29, 1.82) is 0 Å². The van der Waals surface area contributed by atoms with Crippen molar-refractivity contribution in [3.63, 3.8) is 0 Å². The van der Waals surface area contributed by atoms with E-state index in [1.807, 2.05) is 28.6 Å². The van der Waals surface area contributed by atoms with E-state index in [4.69, 9.17) is 0 Å². The summed E-state index contributed by atoms with van der Waals surface area (Å²) in [5.41, 5.74) is 1.17. The van der Waals surface area contributed by atoms with E-state index < -0.39 is 11.0 Å². The van der Waals surface area contributed by atoms with Crippen molar-refractivity contribution in [2.24, 2.45) is 0 Å². The summed E-state index contributed by atoms with van der Waals surface area (Å²) >= 11 is 0. The standard InChI is InChI=1S/C10H11NOS/c1-2-7-11-8-9-5-3-4-6-10(9)13(11)12/h2-6H,1,7-8H2. The Kier molecular flexibility index (Phi) is 2.29. The van der Waals surface area contributed by atoms with Crippen molar-refractivity contribution in [1.82, 2.24) is 4.31 Å². The Labute approximate surface area is 80.5 Å². The van der Waals surface area contributed by atoms with Crippen LogP contribution in [-0.4, -0.2) is 15.1 Å². The van der Waals surface area contributed by atoms with Crippen molar-refractivity contribution < 1.29 is 4.21 Å². The number of hydrogen-bond donors (Lipinski definition) is 0. The number of benzene rings is 1. The molecule has 0 fully saturated rings. The molecule has 13 heavy (non-hydrogen) atoms. The molecule has 68 valence electrons. The highest BCUT2D eigenvalue weighted by Gasteiger charge is 2.24. The van der Waals surface area contributed by atoms with Crippen LogP contribution in [0.15, 0.2) is 41.8 Å². The topological polar surface area (TPSA) is 20.3 Å². The lowest BCUT2D eigenvalue weighted by molar-refractivity contribution is 0.501. The molecule has 3 heteroatoms. The molecule has 1 aliphatic heterocycles. The molecule has 0 spiro atoms. The van der Waals surface area contributed by atoms with E-state index in [1.165, 1.54) is 5.56 Å². The van der Waals surface area contributed by atoms with Crippen molar-refractivity contribution in [2.45, 2.75) is 11.4 Å². The fraction of sp³-hybridized carbons (Fsp3) is 0.200. The molecule has 1 aliphatic rings. The van der Waals surface area contributed by atoms with Crippen LogP contribution in [0.25, 0.3) is 0 Å². The van der Waals surface area contributed by atoms with E-state index in [0.717, 1.165) is 11.4 Å². The van der Waals surface area contributed by atoms with Gasteiger partial charge in [-0.2, -0.15) is 0 Å². The minimum atomic E-state index is -0.973. The van der Waals surface area contributed by atoms with E-state index in [0.29, 0.717) is 6.54 Å². The van der Waals surface area contributed by atoms with Gasteiger partial charge in [0, 0.05) is 13.1 Å². The smallest absolute Gasteiger partial charge is 0.128 e. The Morgan fingerprint density at radius 2 is 2.31 bits per heavy atom. The van der Waals surface area contributed by atoms with Gasteiger partial charge >= 0.3 is 0 Å². The molecule has 0 bridgehead atoms. The van der Waals surface area contributed by atoms with Gasteiger partial charge in [-0.05, 0) is 11.6 Å². The molecule has 0 saturated carbocycles. The van der Waals surface area contributed by atoms with Crippen molar-refractivity contribution in [3.05, 3.63) is 42.5 Å². The van der Waals surface area contributed by atoms with Crippen LogP contribution in [0, 0.1) is 0 Å². The summed E-state index contributed by atoms with van der Waals surface area (Å²) in [5.74, 6) is 0. The zero-order valence-electron chi connectivity index (χ0n) is 7.27. The van der Waals surface area contributed by atoms with Crippen LogP contribution in [0.1, 0.15) is 5.56 Å². The summed E-state index contributed by atoms with van der Waals surface area (Å²) in [6, 6.07) is 7.85. The molecule has 2 nitrogen and oxygen atoms in total. The Morgan fingerprint density at radius 1 is 1.54 bits per heavy atom. The van der Waals surface area contributed by atoms with Gasteiger partial charge in [0.2, 0.25) is 0 Å². The van der Waals surface area contributed by atoms with E-state index in [9.17, 15) is 4.21 Å². The molecule has 0 saturated heterocycles. The van der Waals surface area contributed by atoms with Crippen molar-refractivity contribution >= 4 is 11.0 Å². The Balaban J connectivity index is 2.32. The van der Waals surface area contributed by atoms with E-state index in [1.54, 1.807) is 6.08 Å². The predicted molar refractivity (Wildman–Crippen MR) is 53.5 cm³/mol. The maximum absolute atomic E-state index is 11.8. The average Bonchev–Trinajstić information content (AvgIpc) is 2.46. The van der Waals surface area contributed by atoms with Crippen LogP contribution in [-0.2, 0) is 17.5 Å². The third kappa shape index (κ3) is 1.45. The zero-order chi connectivity index (χ0) is 9.26. The second kappa shape index (κ2) is 3.44. The van der Waals surface area contributed by atoms with Gasteiger partial charge in [-0.3, -0.25) is 0 Å². The highest BCUT2D eigenvalue weighted by molar-refractivity contribution is 7.83.